The molecule has 0 aromatic carbocycles. The van der Waals surface area contributed by atoms with Crippen LogP contribution in [-0.4, -0.2) is 208 Å². The Hall–Kier alpha value is -1.02. The molecular formula is C26H45NO18. The van der Waals surface area contributed by atoms with Crippen molar-refractivity contribution in [1.82, 2.24) is 5.32 Å². The number of nitrogens with one attached hydrogen (secondary N) is 1. The van der Waals surface area contributed by atoms with E-state index < -0.39 is 142 Å². The van der Waals surface area contributed by atoms with Crippen LogP contribution in [0.1, 0.15) is 6.42 Å². The molecule has 2 heterocycles. The summed E-state index contributed by atoms with van der Waals surface area (Å²) in [6.45, 7) is -2.81. The first-order valence-electron chi connectivity index (χ1n) is 14.6. The molecule has 19 atom stereocenters. The highest BCUT2D eigenvalue weighted by atomic mass is 16.7. The minimum absolute atomic E-state index is 0.0211. The molecular weight excluding hydrogens is 614 g/mol. The first kappa shape index (κ1) is 36.8. The number of hydrogen-bond acceptors (Lipinski definition) is 19. The molecule has 0 aromatic heterocycles. The van der Waals surface area contributed by atoms with Crippen LogP contribution in [0.3, 0.4) is 0 Å². The molecule has 0 amide bonds. The first-order valence-corrected chi connectivity index (χ1v) is 14.6. The minimum atomic E-state index is -1.87. The van der Waals surface area contributed by atoms with E-state index in [0.29, 0.717) is 0 Å². The number of aliphatic hydroxyl groups excluding tert-OH is 14. The van der Waals surface area contributed by atoms with Gasteiger partial charge in [0, 0.05) is 12.5 Å². The van der Waals surface area contributed by atoms with Crippen LogP contribution >= 0.6 is 0 Å². The summed E-state index contributed by atoms with van der Waals surface area (Å²) < 4.78 is 22.1. The van der Waals surface area contributed by atoms with Crippen molar-refractivity contribution in [1.29, 1.82) is 0 Å². The van der Waals surface area contributed by atoms with Crippen LogP contribution in [0, 0.1) is 5.92 Å². The van der Waals surface area contributed by atoms with Gasteiger partial charge in [0.1, 0.15) is 73.2 Å². The van der Waals surface area contributed by atoms with Crippen molar-refractivity contribution in [2.75, 3.05) is 26.4 Å². The number of aliphatic hydroxyl groups is 14. The van der Waals surface area contributed by atoms with Gasteiger partial charge in [-0.15, -0.1) is 0 Å². The van der Waals surface area contributed by atoms with E-state index >= 15 is 0 Å². The molecule has 0 bridgehead atoms. The van der Waals surface area contributed by atoms with Crippen LogP contribution in [0.4, 0.5) is 0 Å². The van der Waals surface area contributed by atoms with Crippen LogP contribution in [0.2, 0.25) is 0 Å². The molecule has 19 heteroatoms. The van der Waals surface area contributed by atoms with Crippen molar-refractivity contribution in [2.24, 2.45) is 5.92 Å². The Morgan fingerprint density at radius 1 is 0.644 bits per heavy atom. The summed E-state index contributed by atoms with van der Waals surface area (Å²) in [7, 11) is 0. The zero-order valence-electron chi connectivity index (χ0n) is 24.0. The first-order chi connectivity index (χ1) is 21.3. The van der Waals surface area contributed by atoms with Gasteiger partial charge in [0.2, 0.25) is 0 Å². The molecule has 19 nitrogen and oxygen atoms in total. The molecule has 2 aliphatic carbocycles. The normalized spacial score (nSPS) is 51.2. The Labute approximate surface area is 256 Å². The van der Waals surface area contributed by atoms with Crippen molar-refractivity contribution in [3.63, 3.8) is 0 Å². The van der Waals surface area contributed by atoms with Gasteiger partial charge in [-0.25, -0.2) is 0 Å². The van der Waals surface area contributed by atoms with E-state index in [-0.39, 0.29) is 12.0 Å². The zero-order chi connectivity index (χ0) is 33.3. The van der Waals surface area contributed by atoms with Crippen molar-refractivity contribution in [3.8, 4) is 0 Å². The van der Waals surface area contributed by atoms with E-state index in [1.54, 1.807) is 0 Å². The van der Waals surface area contributed by atoms with Gasteiger partial charge in [0.05, 0.1) is 44.1 Å². The highest BCUT2D eigenvalue weighted by Gasteiger charge is 2.53. The van der Waals surface area contributed by atoms with Gasteiger partial charge in [0.25, 0.3) is 0 Å². The molecule has 0 spiro atoms. The molecule has 1 saturated carbocycles. The van der Waals surface area contributed by atoms with Gasteiger partial charge in [0.15, 0.2) is 12.6 Å². The Morgan fingerprint density at radius 2 is 1.29 bits per heavy atom. The Morgan fingerprint density at radius 3 is 1.89 bits per heavy atom. The highest BCUT2D eigenvalue weighted by Crippen LogP contribution is 2.35. The minimum Gasteiger partial charge on any atom is -0.396 e. The second-order valence-electron chi connectivity index (χ2n) is 11.9. The lowest BCUT2D eigenvalue weighted by Crippen LogP contribution is -2.68. The average molecular weight is 660 g/mol. The van der Waals surface area contributed by atoms with Crippen molar-refractivity contribution < 1.29 is 90.4 Å². The summed E-state index contributed by atoms with van der Waals surface area (Å²) in [4.78, 5) is 0. The number of hydrogen-bond donors (Lipinski definition) is 15. The molecule has 262 valence electrons. The third kappa shape index (κ3) is 7.37. The molecule has 0 radical (unpaired) electrons. The van der Waals surface area contributed by atoms with Crippen molar-refractivity contribution >= 4 is 0 Å². The summed E-state index contributed by atoms with van der Waals surface area (Å²) in [6.07, 6.45) is -25.1. The predicted octanol–water partition coefficient (Wildman–Crippen LogP) is -8.93. The summed E-state index contributed by atoms with van der Waals surface area (Å²) in [6, 6.07) is -2.46. The summed E-state index contributed by atoms with van der Waals surface area (Å²) in [5.41, 5.74) is -0.0211. The van der Waals surface area contributed by atoms with E-state index in [1.165, 1.54) is 6.08 Å². The lowest BCUT2D eigenvalue weighted by Gasteiger charge is -2.49. The zero-order valence-corrected chi connectivity index (χ0v) is 24.0. The van der Waals surface area contributed by atoms with Crippen LogP contribution in [0.5, 0.6) is 0 Å². The summed E-state index contributed by atoms with van der Waals surface area (Å²) in [5.74, 6) is -1.01. The Kier molecular flexibility index (Phi) is 12.7. The van der Waals surface area contributed by atoms with E-state index in [4.69, 9.17) is 18.9 Å². The Bertz CT molecular complexity index is 972. The average Bonchev–Trinajstić information content (AvgIpc) is 3.03. The van der Waals surface area contributed by atoms with Gasteiger partial charge in [-0.3, -0.25) is 0 Å². The van der Waals surface area contributed by atoms with Crippen molar-refractivity contribution in [2.45, 2.75) is 117 Å². The quantitative estimate of drug-likeness (QED) is 0.0968. The molecule has 0 aromatic rings. The molecule has 4 aliphatic rings. The monoisotopic (exact) mass is 659 g/mol. The van der Waals surface area contributed by atoms with Gasteiger partial charge in [-0.1, -0.05) is 6.08 Å². The van der Waals surface area contributed by atoms with Crippen molar-refractivity contribution in [3.05, 3.63) is 11.6 Å². The largest absolute Gasteiger partial charge is 0.396 e. The molecule has 15 N–H and O–H groups in total. The molecule has 45 heavy (non-hydrogen) atoms. The van der Waals surface area contributed by atoms with Crippen LogP contribution < -0.4 is 5.32 Å². The highest BCUT2D eigenvalue weighted by molar-refractivity contribution is 5.22. The van der Waals surface area contributed by atoms with E-state index in [1.807, 2.05) is 0 Å². The molecule has 2 saturated heterocycles. The SMILES string of the molecule is OCC1=CC(N[C@@H]2C(CO)O[C@@H](OC3[C@@H](CO)C[C@@H](OC4C(CO)OC(O)[C@H](O)C4O)C(O)[C@H]3O)[C@H](O)C2O)C(O)[C@@H](O)C1O. The number of rotatable bonds is 10. The van der Waals surface area contributed by atoms with Crippen LogP contribution in [0.15, 0.2) is 11.6 Å². The Balaban J connectivity index is 1.45. The maximum Gasteiger partial charge on any atom is 0.187 e. The fourth-order valence-corrected chi connectivity index (χ4v) is 6.33. The fourth-order valence-electron chi connectivity index (χ4n) is 6.33. The summed E-state index contributed by atoms with van der Waals surface area (Å²) in [5, 5.41) is 146. The third-order valence-corrected chi connectivity index (χ3v) is 9.03. The summed E-state index contributed by atoms with van der Waals surface area (Å²) >= 11 is 0. The maximum absolute atomic E-state index is 11.0. The smallest absolute Gasteiger partial charge is 0.187 e. The standard InChI is InChI=1S/C26H45NO18/c28-3-7-1-9(15(33)18(36)14(7)32)27-13-11(5-30)44-26(22(40)17(13)35)45-23-8(4-29)2-10(16(34)19(23)37)42-24-12(6-31)43-25(41)21(39)20(24)38/h1,8-41H,2-6H2/t8-,9?,10-,11?,12?,13-,14?,15?,16?,17?,18+,19-,20?,21-,22-,23?,24?,25?,26+/m1/s1. The molecule has 11 unspecified atom stereocenters. The van der Waals surface area contributed by atoms with Gasteiger partial charge < -0.3 is 95.8 Å². The van der Waals surface area contributed by atoms with E-state index in [0.717, 1.165) is 0 Å². The van der Waals surface area contributed by atoms with E-state index in [9.17, 15) is 71.5 Å². The second-order valence-corrected chi connectivity index (χ2v) is 11.9. The molecule has 2 aliphatic heterocycles. The lowest BCUT2D eigenvalue weighted by molar-refractivity contribution is -0.329. The predicted molar refractivity (Wildman–Crippen MR) is 142 cm³/mol. The fraction of sp³-hybridized carbons (Fsp3) is 0.923. The molecule has 4 rings (SSSR count). The van der Waals surface area contributed by atoms with Gasteiger partial charge in [-0.05, 0) is 12.0 Å². The topological polar surface area (TPSA) is 332 Å². The lowest BCUT2D eigenvalue weighted by atomic mass is 9.80. The number of ether oxygens (including phenoxy) is 4. The van der Waals surface area contributed by atoms with E-state index in [2.05, 4.69) is 5.32 Å². The van der Waals surface area contributed by atoms with Crippen LogP contribution in [-0.2, 0) is 18.9 Å². The van der Waals surface area contributed by atoms with Gasteiger partial charge >= 0.3 is 0 Å². The molecule has 3 fully saturated rings. The third-order valence-electron chi connectivity index (χ3n) is 9.03. The van der Waals surface area contributed by atoms with Crippen LogP contribution in [0.25, 0.3) is 0 Å². The second kappa shape index (κ2) is 15.5. The van der Waals surface area contributed by atoms with Gasteiger partial charge in [-0.2, -0.15) is 0 Å². The maximum atomic E-state index is 11.0.